The van der Waals surface area contributed by atoms with Crippen LogP contribution in [0.15, 0.2) is 46.9 Å². The molecule has 4 nitrogen and oxygen atoms in total. The summed E-state index contributed by atoms with van der Waals surface area (Å²) in [6.07, 6.45) is 0.0595. The van der Waals surface area contributed by atoms with Crippen LogP contribution in [0.1, 0.15) is 22.3 Å². The van der Waals surface area contributed by atoms with Gasteiger partial charge < -0.3 is 10.1 Å². The summed E-state index contributed by atoms with van der Waals surface area (Å²) in [5, 5.41) is 3.04. The Morgan fingerprint density at radius 1 is 1.22 bits per heavy atom. The molecule has 1 N–H and O–H groups in total. The van der Waals surface area contributed by atoms with E-state index < -0.39 is 5.97 Å². The fraction of sp³-hybridized carbons (Fsp3) is 0.176. The van der Waals surface area contributed by atoms with Crippen LogP contribution in [0.3, 0.4) is 0 Å². The van der Waals surface area contributed by atoms with Gasteiger partial charge in [0, 0.05) is 16.6 Å². The molecule has 0 radical (unpaired) electrons. The second-order valence-corrected chi connectivity index (χ2v) is 6.19. The van der Waals surface area contributed by atoms with Crippen molar-refractivity contribution in [1.29, 1.82) is 0 Å². The van der Waals surface area contributed by atoms with Gasteiger partial charge in [-0.3, -0.25) is 9.59 Å². The van der Waals surface area contributed by atoms with Crippen LogP contribution in [0.5, 0.6) is 5.75 Å². The van der Waals surface area contributed by atoms with Gasteiger partial charge in [0.1, 0.15) is 5.75 Å². The number of rotatable bonds is 5. The molecule has 0 fully saturated rings. The fourth-order valence-electron chi connectivity index (χ4n) is 1.93. The Labute approximate surface area is 147 Å². The minimum Gasteiger partial charge on any atom is -0.425 e. The van der Waals surface area contributed by atoms with Gasteiger partial charge in [-0.15, -0.1) is 0 Å². The summed E-state index contributed by atoms with van der Waals surface area (Å²) in [5.41, 5.74) is 1.48. The normalized spacial score (nSPS) is 10.2. The number of benzene rings is 2. The Bertz CT molecular complexity index is 734. The Morgan fingerprint density at radius 3 is 2.65 bits per heavy atom. The van der Waals surface area contributed by atoms with Crippen molar-refractivity contribution in [2.24, 2.45) is 0 Å². The van der Waals surface area contributed by atoms with E-state index in [2.05, 4.69) is 21.2 Å². The molecule has 2 aromatic carbocycles. The molecule has 0 saturated carbocycles. The van der Waals surface area contributed by atoms with Crippen molar-refractivity contribution in [3.8, 4) is 5.75 Å². The van der Waals surface area contributed by atoms with Crippen LogP contribution in [0.2, 0.25) is 5.02 Å². The van der Waals surface area contributed by atoms with Crippen molar-refractivity contribution in [2.75, 3.05) is 6.54 Å². The number of aryl methyl sites for hydroxylation is 1. The van der Waals surface area contributed by atoms with E-state index in [0.29, 0.717) is 16.3 Å². The zero-order valence-electron chi connectivity index (χ0n) is 12.4. The van der Waals surface area contributed by atoms with Crippen LogP contribution < -0.4 is 10.1 Å². The lowest BCUT2D eigenvalue weighted by atomic mass is 10.1. The Hall–Kier alpha value is -1.85. The van der Waals surface area contributed by atoms with Gasteiger partial charge in [0.25, 0.3) is 5.91 Å². The molecule has 6 heteroatoms. The van der Waals surface area contributed by atoms with Crippen molar-refractivity contribution >= 4 is 39.4 Å². The summed E-state index contributed by atoms with van der Waals surface area (Å²) in [6, 6.07) is 12.2. The van der Waals surface area contributed by atoms with Gasteiger partial charge in [-0.2, -0.15) is 0 Å². The van der Waals surface area contributed by atoms with Gasteiger partial charge in [0.2, 0.25) is 0 Å². The number of carbonyl (C=O) groups is 2. The average Bonchev–Trinajstić information content (AvgIpc) is 2.50. The Morgan fingerprint density at radius 2 is 1.96 bits per heavy atom. The number of hydrogen-bond donors (Lipinski definition) is 1. The summed E-state index contributed by atoms with van der Waals surface area (Å²) in [6.45, 7) is 2.05. The molecule has 120 valence electrons. The summed E-state index contributed by atoms with van der Waals surface area (Å²) in [4.78, 5) is 23.8. The molecule has 2 aromatic rings. The first-order chi connectivity index (χ1) is 11.0. The molecular weight excluding hydrogens is 382 g/mol. The zero-order chi connectivity index (χ0) is 16.8. The van der Waals surface area contributed by atoms with E-state index in [-0.39, 0.29) is 18.9 Å². The molecule has 0 bridgehead atoms. The van der Waals surface area contributed by atoms with Crippen molar-refractivity contribution in [2.45, 2.75) is 13.3 Å². The highest BCUT2D eigenvalue weighted by molar-refractivity contribution is 9.10. The van der Waals surface area contributed by atoms with Gasteiger partial charge in [-0.25, -0.2) is 0 Å². The molecule has 0 aliphatic rings. The van der Waals surface area contributed by atoms with Gasteiger partial charge >= 0.3 is 5.97 Å². The molecule has 0 saturated heterocycles. The summed E-state index contributed by atoms with van der Waals surface area (Å²) in [7, 11) is 0. The number of halogens is 2. The lowest BCUT2D eigenvalue weighted by molar-refractivity contribution is -0.134. The van der Waals surface area contributed by atoms with Crippen molar-refractivity contribution in [1.82, 2.24) is 5.32 Å². The Balaban J connectivity index is 1.83. The van der Waals surface area contributed by atoms with Crippen LogP contribution in [0, 0.1) is 6.92 Å². The molecule has 0 aliphatic heterocycles. The smallest absolute Gasteiger partial charge is 0.313 e. The van der Waals surface area contributed by atoms with Crippen molar-refractivity contribution < 1.29 is 14.3 Å². The maximum Gasteiger partial charge on any atom is 0.313 e. The number of amides is 1. The van der Waals surface area contributed by atoms with E-state index in [4.69, 9.17) is 16.3 Å². The molecule has 0 heterocycles. The standard InChI is InChI=1S/C17H15BrClNO3/c1-11-4-2-3-5-13(11)17(22)20-9-8-16(21)23-15-7-6-12(18)10-14(15)19/h2-7,10H,8-9H2,1H3,(H,20,22). The first-order valence-electron chi connectivity index (χ1n) is 6.97. The van der Waals surface area contributed by atoms with Gasteiger partial charge in [0.15, 0.2) is 0 Å². The Kier molecular flexibility index (Phi) is 6.19. The third-order valence-corrected chi connectivity index (χ3v) is 3.91. The topological polar surface area (TPSA) is 55.4 Å². The highest BCUT2D eigenvalue weighted by Gasteiger charge is 2.11. The van der Waals surface area contributed by atoms with Crippen LogP contribution in [-0.2, 0) is 4.79 Å². The molecule has 0 unspecified atom stereocenters. The predicted molar refractivity (Wildman–Crippen MR) is 92.9 cm³/mol. The number of carbonyl (C=O) groups excluding carboxylic acids is 2. The maximum atomic E-state index is 12.0. The summed E-state index contributed by atoms with van der Waals surface area (Å²) >= 11 is 9.25. The zero-order valence-corrected chi connectivity index (χ0v) is 14.8. The number of nitrogens with one attached hydrogen (secondary N) is 1. The van der Waals surface area contributed by atoms with E-state index in [1.165, 1.54) is 0 Å². The van der Waals surface area contributed by atoms with Gasteiger partial charge in [-0.05, 0) is 36.8 Å². The second-order valence-electron chi connectivity index (χ2n) is 4.87. The predicted octanol–water partition coefficient (Wildman–Crippen LogP) is 4.14. The molecule has 0 atom stereocenters. The monoisotopic (exact) mass is 395 g/mol. The number of esters is 1. The summed E-state index contributed by atoms with van der Waals surface area (Å²) < 4.78 is 5.97. The summed E-state index contributed by atoms with van der Waals surface area (Å²) in [5.74, 6) is -0.373. The molecular formula is C17H15BrClNO3. The van der Waals surface area contributed by atoms with Crippen LogP contribution >= 0.6 is 27.5 Å². The molecule has 0 aliphatic carbocycles. The highest BCUT2D eigenvalue weighted by Crippen LogP contribution is 2.27. The molecule has 0 aromatic heterocycles. The lowest BCUT2D eigenvalue weighted by Crippen LogP contribution is -2.27. The van der Waals surface area contributed by atoms with Crippen molar-refractivity contribution in [3.05, 3.63) is 63.1 Å². The first kappa shape index (κ1) is 17.5. The number of hydrogen-bond acceptors (Lipinski definition) is 3. The SMILES string of the molecule is Cc1ccccc1C(=O)NCCC(=O)Oc1ccc(Br)cc1Cl. The van der Waals surface area contributed by atoms with Crippen LogP contribution in [0.4, 0.5) is 0 Å². The molecule has 1 amide bonds. The third-order valence-electron chi connectivity index (χ3n) is 3.12. The third kappa shape index (κ3) is 5.08. The molecule has 0 spiro atoms. The number of ether oxygens (including phenoxy) is 1. The minimum absolute atomic E-state index is 0.0595. The maximum absolute atomic E-state index is 12.0. The molecule has 2 rings (SSSR count). The van der Waals surface area contributed by atoms with E-state index >= 15 is 0 Å². The van der Waals surface area contributed by atoms with Crippen molar-refractivity contribution in [3.63, 3.8) is 0 Å². The lowest BCUT2D eigenvalue weighted by Gasteiger charge is -2.08. The van der Waals surface area contributed by atoms with E-state index in [1.54, 1.807) is 30.3 Å². The largest absolute Gasteiger partial charge is 0.425 e. The first-order valence-corrected chi connectivity index (χ1v) is 8.14. The van der Waals surface area contributed by atoms with Gasteiger partial charge in [0.05, 0.1) is 11.4 Å². The quantitative estimate of drug-likeness (QED) is 0.610. The average molecular weight is 397 g/mol. The van der Waals surface area contributed by atoms with E-state index in [0.717, 1.165) is 10.0 Å². The molecule has 23 heavy (non-hydrogen) atoms. The fourth-order valence-corrected chi connectivity index (χ4v) is 2.64. The van der Waals surface area contributed by atoms with Crippen LogP contribution in [0.25, 0.3) is 0 Å². The highest BCUT2D eigenvalue weighted by atomic mass is 79.9. The minimum atomic E-state index is -0.459. The van der Waals surface area contributed by atoms with Gasteiger partial charge in [-0.1, -0.05) is 45.7 Å². The van der Waals surface area contributed by atoms with E-state index in [1.807, 2.05) is 19.1 Å². The van der Waals surface area contributed by atoms with E-state index in [9.17, 15) is 9.59 Å². The van der Waals surface area contributed by atoms with Crippen LogP contribution in [-0.4, -0.2) is 18.4 Å². The second kappa shape index (κ2) is 8.13.